The molecule has 1 N–H and O–H groups in total. The smallest absolute Gasteiger partial charge is 0.358 e. The lowest BCUT2D eigenvalue weighted by Gasteiger charge is -2.02. The fourth-order valence-corrected chi connectivity index (χ4v) is 2.13. The van der Waals surface area contributed by atoms with Gasteiger partial charge in [-0.25, -0.2) is 4.79 Å². The Hall–Kier alpha value is -2.02. The Morgan fingerprint density at radius 3 is 2.67 bits per heavy atom. The van der Waals surface area contributed by atoms with Crippen LogP contribution in [-0.4, -0.2) is 23.0 Å². The molecule has 0 saturated carbocycles. The molecule has 0 atom stereocenters. The van der Waals surface area contributed by atoms with Crippen molar-refractivity contribution in [2.24, 2.45) is 0 Å². The summed E-state index contributed by atoms with van der Waals surface area (Å²) in [5.74, 6) is 0.421. The van der Waals surface area contributed by atoms with Crippen LogP contribution in [-0.2, 0) is 0 Å². The van der Waals surface area contributed by atoms with E-state index in [4.69, 9.17) is 19.1 Å². The van der Waals surface area contributed by atoms with Crippen LogP contribution in [0.2, 0.25) is 0 Å². The molecule has 1 aromatic heterocycles. The van der Waals surface area contributed by atoms with Crippen molar-refractivity contribution in [3.63, 3.8) is 0 Å². The fraction of sp³-hybridized carbons (Fsp3) is 0.0909. The largest absolute Gasteiger partial charge is 0.476 e. The van der Waals surface area contributed by atoms with Crippen molar-refractivity contribution in [2.45, 2.75) is 0 Å². The van der Waals surface area contributed by atoms with Gasteiger partial charge in [0.2, 0.25) is 6.79 Å². The van der Waals surface area contributed by atoms with E-state index in [2.05, 4.69) is 21.1 Å². The summed E-state index contributed by atoms with van der Waals surface area (Å²) in [6, 6.07) is 4.80. The lowest BCUT2D eigenvalue weighted by atomic mass is 10.1. The van der Waals surface area contributed by atoms with Gasteiger partial charge in [-0.1, -0.05) is 5.16 Å². The van der Waals surface area contributed by atoms with Crippen LogP contribution in [0, 0.1) is 0 Å². The van der Waals surface area contributed by atoms with E-state index in [0.29, 0.717) is 27.3 Å². The van der Waals surface area contributed by atoms with Crippen molar-refractivity contribution in [1.82, 2.24) is 5.16 Å². The Bertz CT molecular complexity index is 636. The molecule has 0 unspecified atom stereocenters. The van der Waals surface area contributed by atoms with Gasteiger partial charge in [0.15, 0.2) is 23.0 Å². The zero-order chi connectivity index (χ0) is 12.7. The average Bonchev–Trinajstić information content (AvgIpc) is 2.94. The quantitative estimate of drug-likeness (QED) is 0.917. The van der Waals surface area contributed by atoms with Gasteiger partial charge in [0.05, 0.1) is 0 Å². The van der Waals surface area contributed by atoms with Gasteiger partial charge >= 0.3 is 5.97 Å². The van der Waals surface area contributed by atoms with Crippen molar-refractivity contribution in [2.75, 3.05) is 6.79 Å². The maximum absolute atomic E-state index is 10.7. The number of fused-ring (bicyclic) bond motifs is 1. The highest BCUT2D eigenvalue weighted by atomic mass is 79.9. The normalized spacial score (nSPS) is 12.7. The number of hydrogen-bond donors (Lipinski definition) is 1. The predicted molar refractivity (Wildman–Crippen MR) is 62.7 cm³/mol. The van der Waals surface area contributed by atoms with Crippen LogP contribution >= 0.6 is 15.9 Å². The van der Waals surface area contributed by atoms with Crippen molar-refractivity contribution >= 4 is 21.9 Å². The van der Waals surface area contributed by atoms with Gasteiger partial charge in [0, 0.05) is 16.1 Å². The molecule has 6 nitrogen and oxygen atoms in total. The van der Waals surface area contributed by atoms with Gasteiger partial charge in [0.1, 0.15) is 0 Å². The summed E-state index contributed by atoms with van der Waals surface area (Å²) in [4.78, 5) is 10.7. The minimum absolute atomic E-state index is 0.144. The lowest BCUT2D eigenvalue weighted by molar-refractivity contribution is 0.0686. The molecule has 0 fully saturated rings. The minimum Gasteiger partial charge on any atom is -0.476 e. The molecule has 0 saturated heterocycles. The first-order valence-corrected chi connectivity index (χ1v) is 5.74. The molecule has 0 spiro atoms. The number of carboxylic acids is 1. The third-order valence-corrected chi connectivity index (χ3v) is 3.11. The van der Waals surface area contributed by atoms with E-state index in [1.54, 1.807) is 12.1 Å². The number of halogens is 1. The summed E-state index contributed by atoms with van der Waals surface area (Å²) in [6.45, 7) is 0.169. The van der Waals surface area contributed by atoms with Gasteiger partial charge in [-0.05, 0) is 28.1 Å². The minimum atomic E-state index is -1.14. The van der Waals surface area contributed by atoms with Gasteiger partial charge in [-0.2, -0.15) is 0 Å². The first-order chi connectivity index (χ1) is 8.65. The number of aromatic nitrogens is 1. The molecule has 3 rings (SSSR count). The van der Waals surface area contributed by atoms with Crippen LogP contribution in [0.15, 0.2) is 27.2 Å². The van der Waals surface area contributed by atoms with E-state index in [1.807, 2.05) is 0 Å². The molecule has 1 aromatic carbocycles. The monoisotopic (exact) mass is 311 g/mol. The highest BCUT2D eigenvalue weighted by Crippen LogP contribution is 2.41. The number of ether oxygens (including phenoxy) is 2. The maximum Gasteiger partial charge on any atom is 0.358 e. The van der Waals surface area contributed by atoms with E-state index in [-0.39, 0.29) is 12.5 Å². The van der Waals surface area contributed by atoms with Gasteiger partial charge in [-0.3, -0.25) is 0 Å². The highest BCUT2D eigenvalue weighted by molar-refractivity contribution is 9.10. The summed E-state index contributed by atoms with van der Waals surface area (Å²) in [5.41, 5.74) is 0.508. The molecule has 1 aliphatic rings. The molecular formula is C11H6BrNO5. The van der Waals surface area contributed by atoms with Crippen LogP contribution in [0.3, 0.4) is 0 Å². The molecular weight excluding hydrogens is 306 g/mol. The first kappa shape index (κ1) is 11.1. The van der Waals surface area contributed by atoms with Crippen molar-refractivity contribution in [3.05, 3.63) is 28.4 Å². The Morgan fingerprint density at radius 1 is 1.28 bits per heavy atom. The Morgan fingerprint density at radius 2 is 2.00 bits per heavy atom. The third-order valence-electron chi connectivity index (χ3n) is 2.46. The van der Waals surface area contributed by atoms with Crippen molar-refractivity contribution < 1.29 is 23.9 Å². The zero-order valence-electron chi connectivity index (χ0n) is 8.84. The number of carboxylic acid groups (broad SMARTS) is 1. The SMILES string of the molecule is O=C(O)c1cc(-c2cc3c(cc2Br)OCO3)on1. The van der Waals surface area contributed by atoms with Crippen molar-refractivity contribution in [1.29, 1.82) is 0 Å². The van der Waals surface area contributed by atoms with Gasteiger partial charge in [-0.15, -0.1) is 0 Å². The van der Waals surface area contributed by atoms with Crippen LogP contribution in [0.1, 0.15) is 10.5 Å². The molecule has 0 radical (unpaired) electrons. The lowest BCUT2D eigenvalue weighted by Crippen LogP contribution is -1.94. The summed E-state index contributed by atoms with van der Waals surface area (Å²) in [7, 11) is 0. The Labute approximate surface area is 109 Å². The molecule has 2 aromatic rings. The fourth-order valence-electron chi connectivity index (χ4n) is 1.61. The second kappa shape index (κ2) is 4.02. The van der Waals surface area contributed by atoms with Crippen LogP contribution in [0.5, 0.6) is 11.5 Å². The third kappa shape index (κ3) is 1.72. The molecule has 2 heterocycles. The second-order valence-electron chi connectivity index (χ2n) is 3.57. The topological polar surface area (TPSA) is 81.8 Å². The number of aromatic carboxylic acids is 1. The molecule has 7 heteroatoms. The molecule has 0 bridgehead atoms. The first-order valence-electron chi connectivity index (χ1n) is 4.94. The summed E-state index contributed by atoms with van der Waals surface area (Å²) < 4.78 is 16.2. The highest BCUT2D eigenvalue weighted by Gasteiger charge is 2.20. The molecule has 0 aliphatic carbocycles. The van der Waals surface area contributed by atoms with Crippen LogP contribution in [0.4, 0.5) is 0 Å². The Kier molecular flexibility index (Phi) is 2.48. The van der Waals surface area contributed by atoms with Gasteiger partial charge in [0.25, 0.3) is 0 Å². The maximum atomic E-state index is 10.7. The summed E-state index contributed by atoms with van der Waals surface area (Å²) >= 11 is 3.36. The molecule has 18 heavy (non-hydrogen) atoms. The number of carbonyl (C=O) groups is 1. The average molecular weight is 312 g/mol. The summed E-state index contributed by atoms with van der Waals surface area (Å²) in [5, 5.41) is 12.2. The van der Waals surface area contributed by atoms with Crippen molar-refractivity contribution in [3.8, 4) is 22.8 Å². The molecule has 0 amide bonds. The number of rotatable bonds is 2. The standard InChI is InChI=1S/C11H6BrNO5/c12-6-2-10-9(16-4-17-10)1-5(6)8-3-7(11(14)15)13-18-8/h1-3H,4H2,(H,14,15). The Balaban J connectivity index is 2.08. The second-order valence-corrected chi connectivity index (χ2v) is 4.42. The van der Waals surface area contributed by atoms with Crippen LogP contribution in [0.25, 0.3) is 11.3 Å². The molecule has 1 aliphatic heterocycles. The number of hydrogen-bond acceptors (Lipinski definition) is 5. The van der Waals surface area contributed by atoms with E-state index >= 15 is 0 Å². The van der Waals surface area contributed by atoms with E-state index in [9.17, 15) is 4.79 Å². The molecule has 92 valence electrons. The number of nitrogens with zero attached hydrogens (tertiary/aromatic N) is 1. The summed E-state index contributed by atoms with van der Waals surface area (Å²) in [6.07, 6.45) is 0. The van der Waals surface area contributed by atoms with E-state index < -0.39 is 5.97 Å². The predicted octanol–water partition coefficient (Wildman–Crippen LogP) is 2.53. The van der Waals surface area contributed by atoms with E-state index in [1.165, 1.54) is 6.07 Å². The van der Waals surface area contributed by atoms with Crippen LogP contribution < -0.4 is 9.47 Å². The van der Waals surface area contributed by atoms with Gasteiger partial charge < -0.3 is 19.1 Å². The van der Waals surface area contributed by atoms with E-state index in [0.717, 1.165) is 0 Å². The zero-order valence-corrected chi connectivity index (χ0v) is 10.4. The number of benzene rings is 1.